The van der Waals surface area contributed by atoms with Gasteiger partial charge in [-0.25, -0.2) is 9.59 Å². The molecule has 0 saturated carbocycles. The van der Waals surface area contributed by atoms with E-state index in [1.165, 1.54) is 17.9 Å². The Balaban J connectivity index is 1.60. The molecule has 3 aromatic rings. The molecule has 2 aromatic carbocycles. The van der Waals surface area contributed by atoms with Crippen molar-refractivity contribution in [3.63, 3.8) is 0 Å². The lowest BCUT2D eigenvalue weighted by atomic mass is 9.96. The fourth-order valence-electron chi connectivity index (χ4n) is 3.67. The number of halogens is 3. The molecule has 8 nitrogen and oxygen atoms in total. The molecule has 1 amide bonds. The van der Waals surface area contributed by atoms with Gasteiger partial charge in [-0.1, -0.05) is 30.3 Å². The minimum Gasteiger partial charge on any atom is -0.445 e. The largest absolute Gasteiger partial charge is 0.534 e. The molecule has 34 heavy (non-hydrogen) atoms. The quantitative estimate of drug-likeness (QED) is 0.305. The molecule has 4 rings (SSSR count). The molecule has 12 heteroatoms. The van der Waals surface area contributed by atoms with Gasteiger partial charge < -0.3 is 18.2 Å². The molecule has 0 fully saturated rings. The average molecular weight is 497 g/mol. The predicted molar refractivity (Wildman–Crippen MR) is 114 cm³/mol. The first-order chi connectivity index (χ1) is 16.0. The molecule has 0 bridgehead atoms. The lowest BCUT2D eigenvalue weighted by Crippen LogP contribution is -2.38. The van der Waals surface area contributed by atoms with Crippen molar-refractivity contribution in [2.45, 2.75) is 32.0 Å². The number of rotatable bonds is 4. The number of nitrogens with zero attached hydrogens (tertiary/aromatic N) is 1. The van der Waals surface area contributed by atoms with Gasteiger partial charge in [-0.05, 0) is 36.6 Å². The van der Waals surface area contributed by atoms with Gasteiger partial charge in [0.2, 0.25) is 0 Å². The Bertz CT molecular complexity index is 1420. The summed E-state index contributed by atoms with van der Waals surface area (Å²) in [5.74, 6) is -0.602. The predicted octanol–water partition coefficient (Wildman–Crippen LogP) is 4.02. The maximum absolute atomic E-state index is 12.7. The molecular weight excluding hydrogens is 479 g/mol. The number of amides is 1. The molecular formula is C22H18F3NO7S. The molecule has 0 aliphatic carbocycles. The van der Waals surface area contributed by atoms with E-state index in [1.807, 2.05) is 18.2 Å². The van der Waals surface area contributed by atoms with E-state index in [0.29, 0.717) is 10.9 Å². The van der Waals surface area contributed by atoms with Crippen LogP contribution in [0, 0.1) is 6.92 Å². The second-order valence-corrected chi connectivity index (χ2v) is 9.14. The average Bonchev–Trinajstić information content (AvgIpc) is 2.79. The van der Waals surface area contributed by atoms with Crippen LogP contribution < -0.4 is 9.81 Å². The first-order valence-electron chi connectivity index (χ1n) is 10.0. The number of alkyl halides is 3. The minimum atomic E-state index is -5.89. The van der Waals surface area contributed by atoms with Gasteiger partial charge in [0.25, 0.3) is 0 Å². The Morgan fingerprint density at radius 1 is 1.12 bits per heavy atom. The molecule has 0 saturated heterocycles. The van der Waals surface area contributed by atoms with Crippen molar-refractivity contribution in [1.82, 2.24) is 4.90 Å². The zero-order valence-corrected chi connectivity index (χ0v) is 18.5. The van der Waals surface area contributed by atoms with Gasteiger partial charge in [-0.3, -0.25) is 0 Å². The van der Waals surface area contributed by atoms with Gasteiger partial charge >= 0.3 is 27.3 Å². The van der Waals surface area contributed by atoms with Crippen molar-refractivity contribution >= 4 is 27.2 Å². The van der Waals surface area contributed by atoms with E-state index in [2.05, 4.69) is 4.18 Å². The summed E-state index contributed by atoms with van der Waals surface area (Å²) in [5, 5.41) is 0.418. The number of hydrogen-bond acceptors (Lipinski definition) is 7. The molecule has 180 valence electrons. The number of carbonyl (C=O) groups is 1. The van der Waals surface area contributed by atoms with E-state index >= 15 is 0 Å². The van der Waals surface area contributed by atoms with Crippen molar-refractivity contribution in [2.24, 2.45) is 0 Å². The van der Waals surface area contributed by atoms with E-state index in [-0.39, 0.29) is 42.8 Å². The van der Waals surface area contributed by atoms with E-state index < -0.39 is 33.1 Å². The Morgan fingerprint density at radius 3 is 2.50 bits per heavy atom. The number of fused-ring (bicyclic) bond motifs is 3. The monoisotopic (exact) mass is 497 g/mol. The van der Waals surface area contributed by atoms with Crippen LogP contribution in [0.25, 0.3) is 11.0 Å². The fourth-order valence-corrected chi connectivity index (χ4v) is 4.18. The van der Waals surface area contributed by atoms with E-state index in [4.69, 9.17) is 9.15 Å². The molecule has 0 radical (unpaired) electrons. The maximum atomic E-state index is 12.7. The fraction of sp³-hybridized carbons (Fsp3) is 0.273. The van der Waals surface area contributed by atoms with Crippen LogP contribution in [0.15, 0.2) is 51.7 Å². The third kappa shape index (κ3) is 4.45. The zero-order valence-electron chi connectivity index (χ0n) is 17.7. The lowest BCUT2D eigenvalue weighted by molar-refractivity contribution is -0.0500. The number of aryl methyl sites for hydroxylation is 1. The van der Waals surface area contributed by atoms with Crippen molar-refractivity contribution in [1.29, 1.82) is 0 Å². The second kappa shape index (κ2) is 8.67. The lowest BCUT2D eigenvalue weighted by Gasteiger charge is -2.28. The van der Waals surface area contributed by atoms with E-state index in [9.17, 15) is 31.2 Å². The first-order valence-corrected chi connectivity index (χ1v) is 11.4. The summed E-state index contributed by atoms with van der Waals surface area (Å²) in [4.78, 5) is 26.5. The SMILES string of the molecule is Cc1c(OS(=O)(=O)C(F)(F)F)ccc2c3c(c(=O)oc12)CN(C(=O)OCc1ccccc1)CC3. The van der Waals surface area contributed by atoms with Crippen LogP contribution in [-0.4, -0.2) is 31.5 Å². The third-order valence-electron chi connectivity index (χ3n) is 5.41. The number of ether oxygens (including phenoxy) is 1. The van der Waals surface area contributed by atoms with Crippen molar-refractivity contribution in [3.05, 3.63) is 75.1 Å². The molecule has 1 aliphatic rings. The standard InChI is InChI=1S/C22H18F3NO7S/c1-13-18(33-34(29,30)22(23,24)25)8-7-16-15-9-10-26(11-17(15)20(27)32-19(13)16)21(28)31-12-14-5-3-2-4-6-14/h2-8H,9-12H2,1H3. The maximum Gasteiger partial charge on any atom is 0.534 e. The Hall–Kier alpha value is -3.54. The number of benzene rings is 2. The molecule has 2 heterocycles. The summed E-state index contributed by atoms with van der Waals surface area (Å²) in [7, 11) is -5.89. The molecule has 0 spiro atoms. The van der Waals surface area contributed by atoms with Crippen LogP contribution in [-0.2, 0) is 34.4 Å². The van der Waals surface area contributed by atoms with Crippen LogP contribution in [0.1, 0.15) is 22.3 Å². The smallest absolute Gasteiger partial charge is 0.445 e. The van der Waals surface area contributed by atoms with Gasteiger partial charge in [0.15, 0.2) is 0 Å². The summed E-state index contributed by atoms with van der Waals surface area (Å²) >= 11 is 0. The van der Waals surface area contributed by atoms with Gasteiger partial charge in [-0.15, -0.1) is 0 Å². The first kappa shape index (κ1) is 23.6. The highest BCUT2D eigenvalue weighted by Gasteiger charge is 2.48. The summed E-state index contributed by atoms with van der Waals surface area (Å²) in [6.07, 6.45) is -0.343. The Labute approximate surface area is 191 Å². The number of carbonyl (C=O) groups excluding carboxylic acids is 1. The van der Waals surface area contributed by atoms with Gasteiger partial charge in [0.05, 0.1) is 12.1 Å². The topological polar surface area (TPSA) is 103 Å². The minimum absolute atomic E-state index is 0.0676. The van der Waals surface area contributed by atoms with Crippen molar-refractivity contribution in [3.8, 4) is 5.75 Å². The molecule has 1 aliphatic heterocycles. The highest BCUT2D eigenvalue weighted by Crippen LogP contribution is 2.34. The normalized spacial score (nSPS) is 14.1. The summed E-state index contributed by atoms with van der Waals surface area (Å²) < 4.78 is 75.6. The third-order valence-corrected chi connectivity index (χ3v) is 6.38. The summed E-state index contributed by atoms with van der Waals surface area (Å²) in [5.41, 5.74) is -4.97. The zero-order chi connectivity index (χ0) is 24.7. The van der Waals surface area contributed by atoms with Crippen LogP contribution in [0.3, 0.4) is 0 Å². The van der Waals surface area contributed by atoms with Crippen LogP contribution in [0.5, 0.6) is 5.75 Å². The molecule has 1 aromatic heterocycles. The van der Waals surface area contributed by atoms with Crippen molar-refractivity contribution < 1.29 is 39.7 Å². The number of hydrogen-bond donors (Lipinski definition) is 0. The van der Waals surface area contributed by atoms with Crippen LogP contribution in [0.4, 0.5) is 18.0 Å². The van der Waals surface area contributed by atoms with E-state index in [1.54, 1.807) is 12.1 Å². The van der Waals surface area contributed by atoms with Crippen molar-refractivity contribution in [2.75, 3.05) is 6.54 Å². The van der Waals surface area contributed by atoms with Crippen LogP contribution in [0.2, 0.25) is 0 Å². The molecule has 0 atom stereocenters. The summed E-state index contributed by atoms with van der Waals surface area (Å²) in [6, 6.07) is 11.5. The second-order valence-electron chi connectivity index (χ2n) is 7.61. The van der Waals surface area contributed by atoms with Gasteiger partial charge in [-0.2, -0.15) is 21.6 Å². The highest BCUT2D eigenvalue weighted by molar-refractivity contribution is 7.88. The summed E-state index contributed by atoms with van der Waals surface area (Å²) in [6.45, 7) is 1.52. The molecule has 0 unspecified atom stereocenters. The molecule has 0 N–H and O–H groups in total. The van der Waals surface area contributed by atoms with E-state index in [0.717, 1.165) is 11.6 Å². The van der Waals surface area contributed by atoms with Gasteiger partial charge in [0.1, 0.15) is 17.9 Å². The Kier molecular flexibility index (Phi) is 6.02. The Morgan fingerprint density at radius 2 is 1.82 bits per heavy atom. The van der Waals surface area contributed by atoms with Gasteiger partial charge in [0, 0.05) is 17.5 Å². The van der Waals surface area contributed by atoms with Crippen LogP contribution >= 0.6 is 0 Å². The highest BCUT2D eigenvalue weighted by atomic mass is 32.2.